The van der Waals surface area contributed by atoms with Crippen LogP contribution in [0.2, 0.25) is 0 Å². The first-order valence-corrected chi connectivity index (χ1v) is 7.58. The van der Waals surface area contributed by atoms with Gasteiger partial charge in [0.2, 0.25) is 0 Å². The Morgan fingerprint density at radius 1 is 1.24 bits per heavy atom. The van der Waals surface area contributed by atoms with Crippen molar-refractivity contribution in [3.8, 4) is 0 Å². The Morgan fingerprint density at radius 2 is 1.90 bits per heavy atom. The average molecular weight is 370 g/mol. The Kier molecular flexibility index (Phi) is 6.64. The van der Waals surface area contributed by atoms with E-state index in [1.54, 1.807) is 0 Å². The minimum absolute atomic E-state index is 0.377. The number of benzene rings is 1. The van der Waals surface area contributed by atoms with Crippen LogP contribution in [0.1, 0.15) is 35.2 Å². The number of amides is 1. The molecule has 0 saturated heterocycles. The fourth-order valence-corrected chi connectivity index (χ4v) is 2.24. The summed E-state index contributed by atoms with van der Waals surface area (Å²) in [6.45, 7) is 0.377. The minimum atomic E-state index is -4.81. The van der Waals surface area contributed by atoms with Gasteiger partial charge in [-0.15, -0.1) is 0 Å². The molecule has 0 saturated carbocycles. The van der Waals surface area contributed by atoms with Gasteiger partial charge in [-0.05, 0) is 25.0 Å². The van der Waals surface area contributed by atoms with Crippen molar-refractivity contribution in [1.82, 2.24) is 4.90 Å². The number of hydrogen-bond acceptors (Lipinski definition) is 1. The number of carbonyl (C=O) groups excluding carboxylic acids is 1. The summed E-state index contributed by atoms with van der Waals surface area (Å²) >= 11 is 3.28. The lowest BCUT2D eigenvalue weighted by atomic mass is 10.1. The van der Waals surface area contributed by atoms with Crippen LogP contribution in [0, 0.1) is 5.82 Å². The third-order valence-corrected chi connectivity index (χ3v) is 3.57. The van der Waals surface area contributed by atoms with Crippen molar-refractivity contribution in [2.45, 2.75) is 25.4 Å². The molecule has 1 aromatic carbocycles. The summed E-state index contributed by atoms with van der Waals surface area (Å²) in [5, 5.41) is 0.854. The van der Waals surface area contributed by atoms with Crippen LogP contribution < -0.4 is 0 Å². The second-order valence-electron chi connectivity index (χ2n) is 4.64. The minimum Gasteiger partial charge on any atom is -0.342 e. The Labute approximate surface area is 129 Å². The van der Waals surface area contributed by atoms with Crippen LogP contribution in [0.25, 0.3) is 0 Å². The predicted octanol–water partition coefficient (Wildman–Crippen LogP) is 4.48. The predicted molar refractivity (Wildman–Crippen MR) is 76.0 cm³/mol. The summed E-state index contributed by atoms with van der Waals surface area (Å²) in [5.41, 5.74) is -1.96. The zero-order valence-electron chi connectivity index (χ0n) is 11.5. The molecular formula is C14H16BrF4NO. The van der Waals surface area contributed by atoms with Crippen molar-refractivity contribution in [3.05, 3.63) is 35.1 Å². The number of alkyl halides is 4. The van der Waals surface area contributed by atoms with Gasteiger partial charge in [0.1, 0.15) is 5.82 Å². The highest BCUT2D eigenvalue weighted by molar-refractivity contribution is 9.09. The average Bonchev–Trinajstić information content (AvgIpc) is 2.41. The normalized spacial score (nSPS) is 11.5. The van der Waals surface area contributed by atoms with Gasteiger partial charge in [0.25, 0.3) is 5.91 Å². The van der Waals surface area contributed by atoms with Crippen molar-refractivity contribution in [3.63, 3.8) is 0 Å². The molecule has 0 aliphatic carbocycles. The van der Waals surface area contributed by atoms with Crippen LogP contribution in [-0.2, 0) is 6.18 Å². The highest BCUT2D eigenvalue weighted by Crippen LogP contribution is 2.32. The van der Waals surface area contributed by atoms with Gasteiger partial charge in [-0.1, -0.05) is 28.4 Å². The van der Waals surface area contributed by atoms with E-state index in [2.05, 4.69) is 15.9 Å². The standard InChI is InChI=1S/C14H16BrF4NO/c1-20(9-4-2-3-8-15)13(21)10-6-5-7-11(12(10)16)14(17,18)19/h5-7H,2-4,8-9H2,1H3. The van der Waals surface area contributed by atoms with Crippen molar-refractivity contribution >= 4 is 21.8 Å². The third kappa shape index (κ3) is 4.98. The maximum absolute atomic E-state index is 13.8. The molecule has 0 unspecified atom stereocenters. The molecule has 0 aliphatic heterocycles. The molecule has 0 spiro atoms. The Morgan fingerprint density at radius 3 is 2.48 bits per heavy atom. The van der Waals surface area contributed by atoms with E-state index in [1.165, 1.54) is 11.9 Å². The summed E-state index contributed by atoms with van der Waals surface area (Å²) in [7, 11) is 1.45. The number of carbonyl (C=O) groups is 1. The van der Waals surface area contributed by atoms with E-state index in [0.717, 1.165) is 30.3 Å². The first-order chi connectivity index (χ1) is 9.79. The number of rotatable bonds is 6. The summed E-state index contributed by atoms with van der Waals surface area (Å²) in [6, 6.07) is 2.74. The van der Waals surface area contributed by atoms with Gasteiger partial charge in [0, 0.05) is 18.9 Å². The Balaban J connectivity index is 2.83. The zero-order chi connectivity index (χ0) is 16.0. The maximum Gasteiger partial charge on any atom is 0.419 e. The topological polar surface area (TPSA) is 20.3 Å². The van der Waals surface area contributed by atoms with Crippen LogP contribution >= 0.6 is 15.9 Å². The highest BCUT2D eigenvalue weighted by atomic mass is 79.9. The summed E-state index contributed by atoms with van der Waals surface area (Å²) in [4.78, 5) is 13.3. The SMILES string of the molecule is CN(CCCCCBr)C(=O)c1cccc(C(F)(F)F)c1F. The Hall–Kier alpha value is -1.11. The molecule has 0 atom stereocenters. The molecule has 0 fully saturated rings. The molecular weight excluding hydrogens is 354 g/mol. The molecule has 0 bridgehead atoms. The second-order valence-corrected chi connectivity index (χ2v) is 5.43. The third-order valence-electron chi connectivity index (χ3n) is 3.01. The summed E-state index contributed by atoms with van der Waals surface area (Å²) in [5.74, 6) is -2.25. The van der Waals surface area contributed by atoms with Gasteiger partial charge < -0.3 is 4.90 Å². The van der Waals surface area contributed by atoms with E-state index >= 15 is 0 Å². The molecule has 0 aliphatic rings. The fourth-order valence-electron chi connectivity index (χ4n) is 1.84. The van der Waals surface area contributed by atoms with Gasteiger partial charge in [0.15, 0.2) is 0 Å². The molecule has 0 N–H and O–H groups in total. The van der Waals surface area contributed by atoms with Crippen molar-refractivity contribution in [2.75, 3.05) is 18.9 Å². The van der Waals surface area contributed by atoms with Crippen molar-refractivity contribution in [2.24, 2.45) is 0 Å². The molecule has 2 nitrogen and oxygen atoms in total. The lowest BCUT2D eigenvalue weighted by molar-refractivity contribution is -0.140. The van der Waals surface area contributed by atoms with E-state index in [0.29, 0.717) is 19.0 Å². The first kappa shape index (κ1) is 17.9. The fraction of sp³-hybridized carbons (Fsp3) is 0.500. The monoisotopic (exact) mass is 369 g/mol. The zero-order valence-corrected chi connectivity index (χ0v) is 13.1. The molecule has 1 amide bonds. The largest absolute Gasteiger partial charge is 0.419 e. The molecule has 118 valence electrons. The Bertz CT molecular complexity index is 490. The number of unbranched alkanes of at least 4 members (excludes halogenated alkanes) is 2. The van der Waals surface area contributed by atoms with Crippen LogP contribution in [-0.4, -0.2) is 29.7 Å². The summed E-state index contributed by atoms with van der Waals surface area (Å²) < 4.78 is 51.7. The van der Waals surface area contributed by atoms with Gasteiger partial charge in [-0.25, -0.2) is 4.39 Å². The van der Waals surface area contributed by atoms with Crippen molar-refractivity contribution < 1.29 is 22.4 Å². The van der Waals surface area contributed by atoms with E-state index in [1.807, 2.05) is 0 Å². The number of halogens is 5. The van der Waals surface area contributed by atoms with E-state index < -0.39 is 29.0 Å². The maximum atomic E-state index is 13.8. The van der Waals surface area contributed by atoms with Crippen molar-refractivity contribution in [1.29, 1.82) is 0 Å². The molecule has 1 aromatic rings. The highest BCUT2D eigenvalue weighted by Gasteiger charge is 2.36. The van der Waals surface area contributed by atoms with Gasteiger partial charge in [-0.2, -0.15) is 13.2 Å². The molecule has 0 radical (unpaired) electrons. The molecule has 21 heavy (non-hydrogen) atoms. The van der Waals surface area contributed by atoms with Crippen LogP contribution in [0.3, 0.4) is 0 Å². The lowest BCUT2D eigenvalue weighted by Gasteiger charge is -2.18. The quantitative estimate of drug-likeness (QED) is 0.411. The summed E-state index contributed by atoms with van der Waals surface area (Å²) in [6.07, 6.45) is -2.27. The molecule has 0 aromatic heterocycles. The second kappa shape index (κ2) is 7.77. The smallest absolute Gasteiger partial charge is 0.342 e. The molecule has 0 heterocycles. The van der Waals surface area contributed by atoms with E-state index in [4.69, 9.17) is 0 Å². The van der Waals surface area contributed by atoms with Crippen LogP contribution in [0.4, 0.5) is 17.6 Å². The molecule has 7 heteroatoms. The van der Waals surface area contributed by atoms with Gasteiger partial charge >= 0.3 is 6.18 Å². The van der Waals surface area contributed by atoms with Gasteiger partial charge in [-0.3, -0.25) is 4.79 Å². The first-order valence-electron chi connectivity index (χ1n) is 6.46. The lowest BCUT2D eigenvalue weighted by Crippen LogP contribution is -2.29. The number of nitrogens with zero attached hydrogens (tertiary/aromatic N) is 1. The molecule has 1 rings (SSSR count). The van der Waals surface area contributed by atoms with Crippen LogP contribution in [0.5, 0.6) is 0 Å². The van der Waals surface area contributed by atoms with Crippen LogP contribution in [0.15, 0.2) is 18.2 Å². The number of hydrogen-bond donors (Lipinski definition) is 0. The van der Waals surface area contributed by atoms with E-state index in [9.17, 15) is 22.4 Å². The van der Waals surface area contributed by atoms with Gasteiger partial charge in [0.05, 0.1) is 11.1 Å². The van der Waals surface area contributed by atoms with E-state index in [-0.39, 0.29) is 0 Å².